The van der Waals surface area contributed by atoms with Gasteiger partial charge in [0.2, 0.25) is 5.91 Å². The Balaban J connectivity index is 1.80. The molecule has 2 amide bonds. The van der Waals surface area contributed by atoms with Gasteiger partial charge in [0.15, 0.2) is 0 Å². The monoisotopic (exact) mass is 538 g/mol. The summed E-state index contributed by atoms with van der Waals surface area (Å²) >= 11 is 0. The lowest BCUT2D eigenvalue weighted by Gasteiger charge is -2.39. The van der Waals surface area contributed by atoms with Crippen molar-refractivity contribution < 1.29 is 29.0 Å². The molecule has 3 fully saturated rings. The normalized spacial score (nSPS) is 29.7. The average Bonchev–Trinajstić information content (AvgIpc) is 3.47. The number of aryl methyl sites for hydroxylation is 2. The average molecular weight is 539 g/mol. The number of rotatable bonds is 12. The van der Waals surface area contributed by atoms with Crippen molar-refractivity contribution in [3.05, 3.63) is 54.6 Å². The van der Waals surface area contributed by atoms with Crippen LogP contribution in [0, 0.1) is 25.7 Å². The number of allylic oxidation sites excluding steroid dienone is 1. The number of fused-ring (bicyclic) bond motifs is 1. The van der Waals surface area contributed by atoms with Gasteiger partial charge in [-0.3, -0.25) is 14.4 Å². The van der Waals surface area contributed by atoms with Gasteiger partial charge in [-0.25, -0.2) is 0 Å². The van der Waals surface area contributed by atoms with Gasteiger partial charge in [-0.05, 0) is 64.0 Å². The van der Waals surface area contributed by atoms with Gasteiger partial charge in [0.25, 0.3) is 5.91 Å². The van der Waals surface area contributed by atoms with Crippen LogP contribution >= 0.6 is 0 Å². The number of nitrogens with zero attached hydrogens (tertiary/aromatic N) is 2. The van der Waals surface area contributed by atoms with E-state index in [1.54, 1.807) is 17.1 Å². The van der Waals surface area contributed by atoms with E-state index >= 15 is 0 Å². The molecule has 3 heterocycles. The Bertz CT molecular complexity index is 1130. The lowest BCUT2D eigenvalue weighted by Crippen LogP contribution is -2.59. The molecule has 3 saturated heterocycles. The molecule has 8 heteroatoms. The number of para-hydroxylation sites is 1. The van der Waals surface area contributed by atoms with Crippen LogP contribution in [0.15, 0.2) is 43.5 Å². The van der Waals surface area contributed by atoms with Crippen molar-refractivity contribution in [2.45, 2.75) is 83.1 Å². The molecule has 212 valence electrons. The highest BCUT2D eigenvalue weighted by Crippen LogP contribution is 2.64. The molecular formula is C31H42N2O6. The maximum absolute atomic E-state index is 14.7. The number of benzene rings is 1. The number of hydrogen-bond acceptors (Lipinski definition) is 6. The first-order chi connectivity index (χ1) is 18.6. The Kier molecular flexibility index (Phi) is 8.38. The Morgan fingerprint density at radius 2 is 1.95 bits per heavy atom. The quantitative estimate of drug-likeness (QED) is 0.247. The molecule has 39 heavy (non-hydrogen) atoms. The van der Waals surface area contributed by atoms with Crippen molar-refractivity contribution in [1.82, 2.24) is 4.90 Å². The van der Waals surface area contributed by atoms with Crippen LogP contribution in [0.3, 0.4) is 0 Å². The van der Waals surface area contributed by atoms with Crippen molar-refractivity contribution in [2.75, 3.05) is 24.7 Å². The highest BCUT2D eigenvalue weighted by molar-refractivity contribution is 6.05. The minimum Gasteiger partial charge on any atom is -0.465 e. The molecule has 0 aromatic heterocycles. The number of esters is 1. The zero-order valence-electron chi connectivity index (χ0n) is 23.7. The predicted octanol–water partition coefficient (Wildman–Crippen LogP) is 3.87. The molecule has 1 N–H and O–H groups in total. The molecule has 1 aromatic carbocycles. The fourth-order valence-electron chi connectivity index (χ4n) is 7.10. The minimum atomic E-state index is -1.19. The molecule has 3 aliphatic rings. The molecule has 8 nitrogen and oxygen atoms in total. The maximum Gasteiger partial charge on any atom is 0.312 e. The van der Waals surface area contributed by atoms with Crippen LogP contribution in [-0.4, -0.2) is 70.8 Å². The van der Waals surface area contributed by atoms with Crippen molar-refractivity contribution >= 4 is 23.5 Å². The summed E-state index contributed by atoms with van der Waals surface area (Å²) in [5.74, 6) is -2.78. The SMILES string of the molecule is C=CCCCOC(=O)[C@H]1[C@H]2C(=O)N([C@@H](CC)CO)C(C(=O)N(CC=C)c3c(C)cccc3C)C23CC[C@]1(C)O3. The van der Waals surface area contributed by atoms with Crippen LogP contribution in [-0.2, 0) is 23.9 Å². The number of amides is 2. The molecule has 2 unspecified atom stereocenters. The van der Waals surface area contributed by atoms with E-state index in [1.807, 2.05) is 45.9 Å². The molecule has 3 aliphatic heterocycles. The van der Waals surface area contributed by atoms with Gasteiger partial charge in [-0.2, -0.15) is 0 Å². The summed E-state index contributed by atoms with van der Waals surface area (Å²) in [4.78, 5) is 45.6. The number of aliphatic hydroxyl groups is 1. The van der Waals surface area contributed by atoms with E-state index in [1.165, 1.54) is 4.90 Å². The highest BCUT2D eigenvalue weighted by Gasteiger charge is 2.79. The second-order valence-corrected chi connectivity index (χ2v) is 11.3. The second kappa shape index (κ2) is 11.3. The van der Waals surface area contributed by atoms with E-state index in [2.05, 4.69) is 13.2 Å². The van der Waals surface area contributed by atoms with E-state index in [0.717, 1.165) is 16.8 Å². The number of unbranched alkanes of at least 4 members (excludes halogenated alkanes) is 1. The zero-order chi connectivity index (χ0) is 28.5. The summed E-state index contributed by atoms with van der Waals surface area (Å²) in [6.45, 7) is 15.4. The van der Waals surface area contributed by atoms with Crippen LogP contribution in [0.2, 0.25) is 0 Å². The zero-order valence-corrected chi connectivity index (χ0v) is 23.7. The fourth-order valence-corrected chi connectivity index (χ4v) is 7.10. The molecule has 6 atom stereocenters. The molecule has 2 bridgehead atoms. The van der Waals surface area contributed by atoms with Crippen LogP contribution < -0.4 is 4.90 Å². The van der Waals surface area contributed by atoms with E-state index in [-0.39, 0.29) is 31.6 Å². The van der Waals surface area contributed by atoms with Gasteiger partial charge in [0.1, 0.15) is 17.6 Å². The Labute approximate surface area is 231 Å². The van der Waals surface area contributed by atoms with E-state index in [0.29, 0.717) is 32.1 Å². The smallest absolute Gasteiger partial charge is 0.312 e. The Morgan fingerprint density at radius 3 is 2.54 bits per heavy atom. The first kappa shape index (κ1) is 29.0. The molecule has 1 aromatic rings. The Hall–Kier alpha value is -2.97. The van der Waals surface area contributed by atoms with E-state index < -0.39 is 41.1 Å². The molecular weight excluding hydrogens is 496 g/mol. The van der Waals surface area contributed by atoms with Gasteiger partial charge in [-0.15, -0.1) is 13.2 Å². The molecule has 4 rings (SSSR count). The minimum absolute atomic E-state index is 0.227. The number of carbonyl (C=O) groups is 3. The number of aliphatic hydroxyl groups excluding tert-OH is 1. The van der Waals surface area contributed by atoms with Crippen LogP contribution in [0.4, 0.5) is 5.69 Å². The van der Waals surface area contributed by atoms with E-state index in [4.69, 9.17) is 9.47 Å². The molecule has 0 radical (unpaired) electrons. The first-order valence-electron chi connectivity index (χ1n) is 14.0. The molecule has 0 saturated carbocycles. The van der Waals surface area contributed by atoms with Crippen LogP contribution in [0.5, 0.6) is 0 Å². The van der Waals surface area contributed by atoms with Gasteiger partial charge in [0.05, 0.1) is 30.8 Å². The number of hydrogen-bond donors (Lipinski definition) is 1. The molecule has 0 aliphatic carbocycles. The predicted molar refractivity (Wildman–Crippen MR) is 149 cm³/mol. The van der Waals surface area contributed by atoms with Crippen molar-refractivity contribution in [3.63, 3.8) is 0 Å². The van der Waals surface area contributed by atoms with Crippen molar-refractivity contribution in [1.29, 1.82) is 0 Å². The highest BCUT2D eigenvalue weighted by atomic mass is 16.6. The van der Waals surface area contributed by atoms with Crippen molar-refractivity contribution in [2.24, 2.45) is 11.8 Å². The summed E-state index contributed by atoms with van der Waals surface area (Å²) in [6, 6.07) is 4.26. The summed E-state index contributed by atoms with van der Waals surface area (Å²) in [6.07, 6.45) is 6.24. The van der Waals surface area contributed by atoms with Crippen LogP contribution in [0.25, 0.3) is 0 Å². The lowest BCUT2D eigenvalue weighted by atomic mass is 9.66. The van der Waals surface area contributed by atoms with Gasteiger partial charge in [0, 0.05) is 12.2 Å². The second-order valence-electron chi connectivity index (χ2n) is 11.3. The third-order valence-electron chi connectivity index (χ3n) is 8.86. The van der Waals surface area contributed by atoms with E-state index in [9.17, 15) is 19.5 Å². The van der Waals surface area contributed by atoms with Crippen molar-refractivity contribution in [3.8, 4) is 0 Å². The number of ether oxygens (including phenoxy) is 2. The third kappa shape index (κ3) is 4.61. The van der Waals surface area contributed by atoms with Gasteiger partial charge >= 0.3 is 5.97 Å². The van der Waals surface area contributed by atoms with Gasteiger partial charge < -0.3 is 24.4 Å². The lowest BCUT2D eigenvalue weighted by molar-refractivity contribution is -0.160. The summed E-state index contributed by atoms with van der Waals surface area (Å²) in [5.41, 5.74) is 0.515. The maximum atomic E-state index is 14.7. The molecule has 1 spiro atoms. The summed E-state index contributed by atoms with van der Waals surface area (Å²) in [7, 11) is 0. The first-order valence-corrected chi connectivity index (χ1v) is 14.0. The number of anilines is 1. The largest absolute Gasteiger partial charge is 0.465 e. The summed E-state index contributed by atoms with van der Waals surface area (Å²) in [5, 5.41) is 10.3. The number of likely N-dealkylation sites (tertiary alicyclic amines) is 1. The van der Waals surface area contributed by atoms with Gasteiger partial charge in [-0.1, -0.05) is 37.3 Å². The fraction of sp³-hybridized carbons (Fsp3) is 0.581. The third-order valence-corrected chi connectivity index (χ3v) is 8.86. The standard InChI is InChI=1S/C31H42N2O6/c1-7-10-11-18-38-29(37)24-23-27(35)33(22(9-3)19-34)26(31(23)16-15-30(24,6)39-31)28(36)32(17-8-2)25-20(4)13-12-14-21(25)5/h7-8,12-14,22-24,26,34H,1-2,9-11,15-19H2,3-6H3/t22-,23-,24+,26?,30-,31?/m0/s1. The van der Waals surface area contributed by atoms with Crippen LogP contribution in [0.1, 0.15) is 57.1 Å². The topological polar surface area (TPSA) is 96.4 Å². The Morgan fingerprint density at radius 1 is 1.26 bits per heavy atom. The summed E-state index contributed by atoms with van der Waals surface area (Å²) < 4.78 is 12.3. The number of carbonyl (C=O) groups excluding carboxylic acids is 3.